The average molecular weight is 304 g/mol. The third kappa shape index (κ3) is 4.14. The van der Waals surface area contributed by atoms with E-state index < -0.39 is 0 Å². The van der Waals surface area contributed by atoms with Gasteiger partial charge in [-0.3, -0.25) is 0 Å². The van der Waals surface area contributed by atoms with Crippen molar-refractivity contribution in [2.24, 2.45) is 0 Å². The van der Waals surface area contributed by atoms with Gasteiger partial charge in [0, 0.05) is 32.3 Å². The molecule has 1 unspecified atom stereocenters. The van der Waals surface area contributed by atoms with Gasteiger partial charge < -0.3 is 19.7 Å². The van der Waals surface area contributed by atoms with E-state index in [9.17, 15) is 0 Å². The molecule has 22 heavy (non-hydrogen) atoms. The zero-order chi connectivity index (χ0) is 15.2. The Morgan fingerprint density at radius 1 is 1.18 bits per heavy atom. The Morgan fingerprint density at radius 3 is 2.73 bits per heavy atom. The number of hydrogen-bond acceptors (Lipinski definition) is 4. The van der Waals surface area contributed by atoms with Gasteiger partial charge in [-0.25, -0.2) is 0 Å². The fraction of sp³-hybridized carbons (Fsp3) is 0.667. The van der Waals surface area contributed by atoms with E-state index in [-0.39, 0.29) is 0 Å². The quantitative estimate of drug-likeness (QED) is 0.906. The maximum absolute atomic E-state index is 5.86. The minimum atomic E-state index is 0.465. The Hall–Kier alpha value is -1.26. The minimum Gasteiger partial charge on any atom is -0.495 e. The molecule has 0 aromatic heterocycles. The van der Waals surface area contributed by atoms with Gasteiger partial charge in [-0.15, -0.1) is 0 Å². The van der Waals surface area contributed by atoms with Crippen molar-refractivity contribution in [2.45, 2.75) is 44.2 Å². The first kappa shape index (κ1) is 15.6. The molecule has 0 amide bonds. The Labute approximate surface area is 133 Å². The summed E-state index contributed by atoms with van der Waals surface area (Å²) in [6.45, 7) is 4.39. The third-order valence-corrected chi connectivity index (χ3v) is 4.79. The van der Waals surface area contributed by atoms with Gasteiger partial charge >= 0.3 is 0 Å². The lowest BCUT2D eigenvalue weighted by atomic mass is 10.0. The molecular weight excluding hydrogens is 276 g/mol. The summed E-state index contributed by atoms with van der Waals surface area (Å²) < 4.78 is 11.3. The Morgan fingerprint density at radius 2 is 2.00 bits per heavy atom. The number of para-hydroxylation sites is 2. The van der Waals surface area contributed by atoms with Crippen LogP contribution in [-0.2, 0) is 4.74 Å². The fourth-order valence-corrected chi connectivity index (χ4v) is 3.48. The summed E-state index contributed by atoms with van der Waals surface area (Å²) >= 11 is 0. The summed E-state index contributed by atoms with van der Waals surface area (Å²) in [5, 5.41) is 3.64. The summed E-state index contributed by atoms with van der Waals surface area (Å²) in [7, 11) is 1.73. The van der Waals surface area contributed by atoms with Crippen LogP contribution in [0.3, 0.4) is 0 Å². The summed E-state index contributed by atoms with van der Waals surface area (Å²) in [6.07, 6.45) is 6.64. The standard InChI is InChI=1S/C18H28N2O2/c1-21-18-8-3-2-7-17(18)19-15-9-11-20(12-10-15)14-16-6-4-5-13-22-16/h2-3,7-8,15-16,19H,4-6,9-14H2,1H3. The molecule has 0 spiro atoms. The van der Waals surface area contributed by atoms with Crippen molar-refractivity contribution in [1.29, 1.82) is 0 Å². The minimum absolute atomic E-state index is 0.465. The number of ether oxygens (including phenoxy) is 2. The topological polar surface area (TPSA) is 33.7 Å². The van der Waals surface area contributed by atoms with Crippen LogP contribution >= 0.6 is 0 Å². The first-order chi connectivity index (χ1) is 10.8. The van der Waals surface area contributed by atoms with Crippen molar-refractivity contribution < 1.29 is 9.47 Å². The van der Waals surface area contributed by atoms with E-state index in [0.29, 0.717) is 12.1 Å². The molecule has 1 atom stereocenters. The smallest absolute Gasteiger partial charge is 0.141 e. The van der Waals surface area contributed by atoms with Crippen molar-refractivity contribution in [2.75, 3.05) is 38.7 Å². The predicted octanol–water partition coefficient (Wildman–Crippen LogP) is 3.14. The number of piperidine rings is 1. The lowest BCUT2D eigenvalue weighted by Gasteiger charge is -2.36. The first-order valence-corrected chi connectivity index (χ1v) is 8.58. The summed E-state index contributed by atoms with van der Waals surface area (Å²) in [6, 6.07) is 8.72. The second kappa shape index (κ2) is 7.84. The zero-order valence-corrected chi connectivity index (χ0v) is 13.6. The number of rotatable bonds is 5. The zero-order valence-electron chi connectivity index (χ0n) is 13.6. The van der Waals surface area contributed by atoms with E-state index in [1.165, 1.54) is 32.1 Å². The van der Waals surface area contributed by atoms with Crippen LogP contribution < -0.4 is 10.1 Å². The summed E-state index contributed by atoms with van der Waals surface area (Å²) in [4.78, 5) is 2.57. The molecule has 0 radical (unpaired) electrons. The molecule has 4 heteroatoms. The number of likely N-dealkylation sites (tertiary alicyclic amines) is 1. The van der Waals surface area contributed by atoms with Crippen LogP contribution in [0.5, 0.6) is 5.75 Å². The summed E-state index contributed by atoms with van der Waals surface area (Å²) in [5.74, 6) is 0.931. The van der Waals surface area contributed by atoms with Crippen LogP contribution in [0.4, 0.5) is 5.69 Å². The Kier molecular flexibility index (Phi) is 5.57. The fourth-order valence-electron chi connectivity index (χ4n) is 3.48. The van der Waals surface area contributed by atoms with E-state index in [1.54, 1.807) is 7.11 Å². The van der Waals surface area contributed by atoms with Gasteiger partial charge in [-0.1, -0.05) is 12.1 Å². The van der Waals surface area contributed by atoms with Crippen LogP contribution in [0.1, 0.15) is 32.1 Å². The molecule has 0 aliphatic carbocycles. The number of hydrogen-bond donors (Lipinski definition) is 1. The molecule has 3 rings (SSSR count). The highest BCUT2D eigenvalue weighted by atomic mass is 16.5. The molecule has 2 heterocycles. The average Bonchev–Trinajstić information content (AvgIpc) is 2.58. The highest BCUT2D eigenvalue weighted by Gasteiger charge is 2.23. The molecule has 1 aromatic rings. The van der Waals surface area contributed by atoms with Gasteiger partial charge in [0.1, 0.15) is 5.75 Å². The molecular formula is C18H28N2O2. The molecule has 0 bridgehead atoms. The highest BCUT2D eigenvalue weighted by Crippen LogP contribution is 2.26. The first-order valence-electron chi connectivity index (χ1n) is 8.58. The van der Waals surface area contributed by atoms with Gasteiger partial charge in [0.2, 0.25) is 0 Å². The van der Waals surface area contributed by atoms with E-state index in [1.807, 2.05) is 12.1 Å². The van der Waals surface area contributed by atoms with E-state index in [2.05, 4.69) is 22.3 Å². The molecule has 1 N–H and O–H groups in total. The van der Waals surface area contributed by atoms with Crippen molar-refractivity contribution >= 4 is 5.69 Å². The largest absolute Gasteiger partial charge is 0.495 e. The van der Waals surface area contributed by atoms with Gasteiger partial charge in [-0.2, -0.15) is 0 Å². The number of nitrogens with zero attached hydrogens (tertiary/aromatic N) is 1. The molecule has 1 aromatic carbocycles. The Bertz CT molecular complexity index is 452. The van der Waals surface area contributed by atoms with Crippen molar-refractivity contribution in [1.82, 2.24) is 4.90 Å². The molecule has 0 saturated carbocycles. The summed E-state index contributed by atoms with van der Waals surface area (Å²) in [5.41, 5.74) is 1.11. The van der Waals surface area contributed by atoms with Crippen LogP contribution in [-0.4, -0.2) is 50.4 Å². The van der Waals surface area contributed by atoms with Crippen molar-refractivity contribution in [3.05, 3.63) is 24.3 Å². The number of methoxy groups -OCH3 is 1. The van der Waals surface area contributed by atoms with Crippen LogP contribution in [0.15, 0.2) is 24.3 Å². The van der Waals surface area contributed by atoms with Gasteiger partial charge in [0.15, 0.2) is 0 Å². The normalized spacial score (nSPS) is 24.1. The molecule has 2 saturated heterocycles. The van der Waals surface area contributed by atoms with Gasteiger partial charge in [-0.05, 0) is 44.2 Å². The van der Waals surface area contributed by atoms with Crippen LogP contribution in [0.2, 0.25) is 0 Å². The molecule has 2 aliphatic heterocycles. The second-order valence-corrected chi connectivity index (χ2v) is 6.41. The SMILES string of the molecule is COc1ccccc1NC1CCN(CC2CCCCO2)CC1. The molecule has 4 nitrogen and oxygen atoms in total. The molecule has 2 aliphatic rings. The maximum atomic E-state index is 5.86. The molecule has 122 valence electrons. The second-order valence-electron chi connectivity index (χ2n) is 6.41. The monoisotopic (exact) mass is 304 g/mol. The third-order valence-electron chi connectivity index (χ3n) is 4.79. The van der Waals surface area contributed by atoms with Crippen molar-refractivity contribution in [3.8, 4) is 5.75 Å². The van der Waals surface area contributed by atoms with Gasteiger partial charge in [0.25, 0.3) is 0 Å². The number of nitrogens with one attached hydrogen (secondary N) is 1. The van der Waals surface area contributed by atoms with Crippen molar-refractivity contribution in [3.63, 3.8) is 0 Å². The maximum Gasteiger partial charge on any atom is 0.141 e. The van der Waals surface area contributed by atoms with Gasteiger partial charge in [0.05, 0.1) is 18.9 Å². The van der Waals surface area contributed by atoms with Crippen LogP contribution in [0.25, 0.3) is 0 Å². The number of benzene rings is 1. The van der Waals surface area contributed by atoms with Crippen LogP contribution in [0, 0.1) is 0 Å². The van der Waals surface area contributed by atoms with E-state index in [0.717, 1.165) is 37.7 Å². The Balaban J connectivity index is 1.45. The lowest BCUT2D eigenvalue weighted by Crippen LogP contribution is -2.43. The highest BCUT2D eigenvalue weighted by molar-refractivity contribution is 5.56. The van der Waals surface area contributed by atoms with E-state index >= 15 is 0 Å². The lowest BCUT2D eigenvalue weighted by molar-refractivity contribution is -0.00906. The van der Waals surface area contributed by atoms with E-state index in [4.69, 9.17) is 9.47 Å². The molecule has 2 fully saturated rings. The predicted molar refractivity (Wildman–Crippen MR) is 89.7 cm³/mol. The number of anilines is 1.